The molecule has 5 heteroatoms. The van der Waals surface area contributed by atoms with Crippen LogP contribution >= 0.6 is 11.6 Å². The van der Waals surface area contributed by atoms with Crippen LogP contribution in [-0.4, -0.2) is 44.3 Å². The van der Waals surface area contributed by atoms with Crippen LogP contribution in [0.5, 0.6) is 5.88 Å². The van der Waals surface area contributed by atoms with Crippen molar-refractivity contribution in [2.75, 3.05) is 44.2 Å². The van der Waals surface area contributed by atoms with Crippen LogP contribution in [0.3, 0.4) is 0 Å². The molecule has 0 N–H and O–H groups in total. The van der Waals surface area contributed by atoms with Gasteiger partial charge in [-0.2, -0.15) is 4.98 Å². The lowest BCUT2D eigenvalue weighted by molar-refractivity contribution is 0.205. The monoisotopic (exact) mass is 258 g/mol. The summed E-state index contributed by atoms with van der Waals surface area (Å²) in [6.07, 6.45) is 0. The first-order valence-corrected chi connectivity index (χ1v) is 6.25. The highest BCUT2D eigenvalue weighted by Crippen LogP contribution is 2.15. The average molecular weight is 259 g/mol. The van der Waals surface area contributed by atoms with Gasteiger partial charge in [0.25, 0.3) is 0 Å². The van der Waals surface area contributed by atoms with E-state index in [0.717, 1.165) is 18.9 Å². The van der Waals surface area contributed by atoms with Crippen LogP contribution in [0.1, 0.15) is 6.92 Å². The van der Waals surface area contributed by atoms with Crippen LogP contribution in [0.2, 0.25) is 0 Å². The highest BCUT2D eigenvalue weighted by Gasteiger charge is 2.08. The molecule has 0 bridgehead atoms. The van der Waals surface area contributed by atoms with Crippen LogP contribution in [0.4, 0.5) is 5.82 Å². The molecule has 1 heterocycles. The second-order valence-corrected chi connectivity index (χ2v) is 3.81. The summed E-state index contributed by atoms with van der Waals surface area (Å²) in [7, 11) is 1.68. The van der Waals surface area contributed by atoms with Gasteiger partial charge in [-0.05, 0) is 13.0 Å². The second-order valence-electron chi connectivity index (χ2n) is 3.44. The van der Waals surface area contributed by atoms with E-state index in [1.807, 2.05) is 25.1 Å². The first-order chi connectivity index (χ1) is 8.31. The summed E-state index contributed by atoms with van der Waals surface area (Å²) >= 11 is 5.78. The maximum atomic E-state index is 5.78. The maximum Gasteiger partial charge on any atom is 0.215 e. The van der Waals surface area contributed by atoms with Crippen molar-refractivity contribution in [3.05, 3.63) is 18.2 Å². The smallest absolute Gasteiger partial charge is 0.215 e. The molecule has 1 aromatic rings. The SMILES string of the molecule is CCOc1cccc(N(CCCl)CCOC)n1. The molecule has 1 aromatic heterocycles. The maximum absolute atomic E-state index is 5.78. The predicted molar refractivity (Wildman–Crippen MR) is 70.2 cm³/mol. The Bertz CT molecular complexity index is 323. The minimum absolute atomic E-state index is 0.560. The fourth-order valence-corrected chi connectivity index (χ4v) is 1.66. The van der Waals surface area contributed by atoms with Gasteiger partial charge in [-0.25, -0.2) is 0 Å². The molecule has 0 aromatic carbocycles. The van der Waals surface area contributed by atoms with Gasteiger partial charge in [-0.15, -0.1) is 11.6 Å². The van der Waals surface area contributed by atoms with Gasteiger partial charge in [0.1, 0.15) is 5.82 Å². The van der Waals surface area contributed by atoms with E-state index in [1.165, 1.54) is 0 Å². The Balaban J connectivity index is 2.73. The Morgan fingerprint density at radius 3 is 2.82 bits per heavy atom. The van der Waals surface area contributed by atoms with Gasteiger partial charge in [-0.1, -0.05) is 6.07 Å². The molecule has 0 aliphatic rings. The van der Waals surface area contributed by atoms with Crippen molar-refractivity contribution < 1.29 is 9.47 Å². The molecule has 0 unspecified atom stereocenters. The van der Waals surface area contributed by atoms with Gasteiger partial charge in [0.05, 0.1) is 13.2 Å². The highest BCUT2D eigenvalue weighted by molar-refractivity contribution is 6.18. The van der Waals surface area contributed by atoms with Crippen molar-refractivity contribution in [1.29, 1.82) is 0 Å². The van der Waals surface area contributed by atoms with Crippen LogP contribution in [0, 0.1) is 0 Å². The Labute approximate surface area is 107 Å². The number of methoxy groups -OCH3 is 1. The lowest BCUT2D eigenvalue weighted by Gasteiger charge is -2.22. The molecule has 0 aliphatic heterocycles. The Morgan fingerprint density at radius 2 is 2.18 bits per heavy atom. The molecule has 4 nitrogen and oxygen atoms in total. The minimum atomic E-state index is 0.560. The third-order valence-corrected chi connectivity index (χ3v) is 2.41. The van der Waals surface area contributed by atoms with Crippen LogP contribution in [0.15, 0.2) is 18.2 Å². The number of nitrogens with zero attached hydrogens (tertiary/aromatic N) is 2. The number of ether oxygens (including phenoxy) is 2. The largest absolute Gasteiger partial charge is 0.478 e. The number of anilines is 1. The number of hydrogen-bond acceptors (Lipinski definition) is 4. The molecule has 1 rings (SSSR count). The van der Waals surface area contributed by atoms with E-state index in [-0.39, 0.29) is 0 Å². The van der Waals surface area contributed by atoms with Crippen LogP contribution in [0.25, 0.3) is 0 Å². The molecule has 0 saturated heterocycles. The van der Waals surface area contributed by atoms with E-state index >= 15 is 0 Å². The molecule has 96 valence electrons. The molecule has 0 aliphatic carbocycles. The van der Waals surface area contributed by atoms with Crippen LogP contribution < -0.4 is 9.64 Å². The van der Waals surface area contributed by atoms with E-state index in [2.05, 4.69) is 9.88 Å². The Hall–Kier alpha value is -1.00. The van der Waals surface area contributed by atoms with Crippen molar-refractivity contribution >= 4 is 17.4 Å². The molecule has 0 atom stereocenters. The summed E-state index contributed by atoms with van der Waals surface area (Å²) in [6, 6.07) is 5.73. The van der Waals surface area contributed by atoms with Gasteiger partial charge in [0.2, 0.25) is 5.88 Å². The Morgan fingerprint density at radius 1 is 1.35 bits per heavy atom. The van der Waals surface area contributed by atoms with E-state index in [1.54, 1.807) is 7.11 Å². The zero-order chi connectivity index (χ0) is 12.5. The molecule has 0 amide bonds. The summed E-state index contributed by atoms with van der Waals surface area (Å²) in [6.45, 7) is 4.72. The number of hydrogen-bond donors (Lipinski definition) is 0. The van der Waals surface area contributed by atoms with Gasteiger partial charge in [0.15, 0.2) is 0 Å². The molecule has 0 fully saturated rings. The van der Waals surface area contributed by atoms with Crippen molar-refractivity contribution in [2.45, 2.75) is 6.92 Å². The quantitative estimate of drug-likeness (QED) is 0.670. The topological polar surface area (TPSA) is 34.6 Å². The first-order valence-electron chi connectivity index (χ1n) is 5.71. The van der Waals surface area contributed by atoms with Gasteiger partial charge >= 0.3 is 0 Å². The van der Waals surface area contributed by atoms with E-state index < -0.39 is 0 Å². The fourth-order valence-electron chi connectivity index (χ4n) is 1.45. The average Bonchev–Trinajstić information content (AvgIpc) is 2.35. The molecular weight excluding hydrogens is 240 g/mol. The highest BCUT2D eigenvalue weighted by atomic mass is 35.5. The van der Waals surface area contributed by atoms with Crippen molar-refractivity contribution in [3.63, 3.8) is 0 Å². The molecular formula is C12H19ClN2O2. The number of halogens is 1. The van der Waals surface area contributed by atoms with E-state index in [0.29, 0.717) is 25.0 Å². The van der Waals surface area contributed by atoms with Gasteiger partial charge in [-0.3, -0.25) is 0 Å². The summed E-state index contributed by atoms with van der Waals surface area (Å²) in [5.74, 6) is 2.07. The first kappa shape index (κ1) is 14.1. The summed E-state index contributed by atoms with van der Waals surface area (Å²) in [5.41, 5.74) is 0. The summed E-state index contributed by atoms with van der Waals surface area (Å²) < 4.78 is 10.5. The third-order valence-electron chi connectivity index (χ3n) is 2.24. The van der Waals surface area contributed by atoms with E-state index in [9.17, 15) is 0 Å². The molecule has 0 spiro atoms. The number of aromatic nitrogens is 1. The molecule has 17 heavy (non-hydrogen) atoms. The Kier molecular flexibility index (Phi) is 6.74. The summed E-state index contributed by atoms with van der Waals surface area (Å²) in [5, 5.41) is 0. The molecule has 0 saturated carbocycles. The van der Waals surface area contributed by atoms with Gasteiger partial charge < -0.3 is 14.4 Å². The predicted octanol–water partition coefficient (Wildman–Crippen LogP) is 2.17. The number of rotatable bonds is 8. The van der Waals surface area contributed by atoms with E-state index in [4.69, 9.17) is 21.1 Å². The van der Waals surface area contributed by atoms with Crippen molar-refractivity contribution in [2.24, 2.45) is 0 Å². The third kappa shape index (κ3) is 4.79. The number of pyridine rings is 1. The zero-order valence-corrected chi connectivity index (χ0v) is 11.1. The lowest BCUT2D eigenvalue weighted by atomic mass is 10.4. The van der Waals surface area contributed by atoms with Crippen molar-refractivity contribution in [3.8, 4) is 5.88 Å². The lowest BCUT2D eigenvalue weighted by Crippen LogP contribution is -2.30. The van der Waals surface area contributed by atoms with Crippen molar-refractivity contribution in [1.82, 2.24) is 4.98 Å². The normalized spacial score (nSPS) is 10.3. The number of alkyl halides is 1. The minimum Gasteiger partial charge on any atom is -0.478 e. The standard InChI is InChI=1S/C12H19ClN2O2/c1-3-17-12-6-4-5-11(14-12)15(8-7-13)9-10-16-2/h4-6H,3,7-10H2,1-2H3. The van der Waals surface area contributed by atoms with Gasteiger partial charge in [0, 0.05) is 32.1 Å². The molecule has 0 radical (unpaired) electrons. The summed E-state index contributed by atoms with van der Waals surface area (Å²) in [4.78, 5) is 6.51. The second kappa shape index (κ2) is 8.14. The fraction of sp³-hybridized carbons (Fsp3) is 0.583. The zero-order valence-electron chi connectivity index (χ0n) is 10.4. The van der Waals surface area contributed by atoms with Crippen LogP contribution in [-0.2, 0) is 4.74 Å².